The summed E-state index contributed by atoms with van der Waals surface area (Å²) in [6, 6.07) is 7.03. The van der Waals surface area contributed by atoms with E-state index in [1.807, 2.05) is 13.0 Å². The topological polar surface area (TPSA) is 87.2 Å². The third-order valence-electron chi connectivity index (χ3n) is 3.92. The van der Waals surface area contributed by atoms with Crippen LogP contribution in [-0.4, -0.2) is 70.0 Å². The fraction of sp³-hybridized carbons (Fsp3) is 0.562. The number of ether oxygens (including phenoxy) is 1. The molecule has 0 aliphatic carbocycles. The van der Waals surface area contributed by atoms with E-state index in [1.54, 1.807) is 23.1 Å². The number of sulfonamides is 1. The van der Waals surface area contributed by atoms with E-state index in [-0.39, 0.29) is 25.0 Å². The number of carbonyl (C=O) groups excluding carboxylic acids is 1. The minimum atomic E-state index is -3.59. The third kappa shape index (κ3) is 4.93. The first kappa shape index (κ1) is 18.7. The Morgan fingerprint density at radius 2 is 2.21 bits per heavy atom. The molecule has 7 nitrogen and oxygen atoms in total. The number of benzene rings is 1. The molecule has 1 saturated heterocycles. The number of amides is 1. The third-order valence-corrected chi connectivity index (χ3v) is 5.06. The number of aryl methyl sites for hydroxylation is 1. The minimum absolute atomic E-state index is 0.0720. The summed E-state index contributed by atoms with van der Waals surface area (Å²) in [6.07, 6.45) is 1.09. The number of hydrogen-bond donors (Lipinski definition) is 1. The molecule has 0 radical (unpaired) electrons. The second-order valence-electron chi connectivity index (χ2n) is 6.07. The van der Waals surface area contributed by atoms with Crippen molar-refractivity contribution in [1.29, 1.82) is 0 Å². The number of rotatable bonds is 5. The predicted octanol–water partition coefficient (Wildman–Crippen LogP) is 0.228. The molecule has 1 aromatic carbocycles. The van der Waals surface area contributed by atoms with Crippen LogP contribution < -0.4 is 4.31 Å². The van der Waals surface area contributed by atoms with Crippen LogP contribution in [0.2, 0.25) is 0 Å². The van der Waals surface area contributed by atoms with Crippen molar-refractivity contribution in [3.8, 4) is 0 Å². The maximum absolute atomic E-state index is 12.6. The highest BCUT2D eigenvalue weighted by Gasteiger charge is 2.27. The average Bonchev–Trinajstić information content (AvgIpc) is 2.76. The van der Waals surface area contributed by atoms with Crippen LogP contribution in [0, 0.1) is 12.8 Å². The quantitative estimate of drug-likeness (QED) is 0.816. The minimum Gasteiger partial charge on any atom is -0.396 e. The Kier molecular flexibility index (Phi) is 6.20. The van der Waals surface area contributed by atoms with Crippen LogP contribution in [0.15, 0.2) is 24.3 Å². The van der Waals surface area contributed by atoms with Crippen LogP contribution in [0.4, 0.5) is 5.69 Å². The van der Waals surface area contributed by atoms with Gasteiger partial charge in [0.15, 0.2) is 0 Å². The number of carbonyl (C=O) groups is 1. The monoisotopic (exact) mass is 356 g/mol. The lowest BCUT2D eigenvalue weighted by Crippen LogP contribution is -2.45. The summed E-state index contributed by atoms with van der Waals surface area (Å²) in [5.74, 6) is -0.451. The van der Waals surface area contributed by atoms with Crippen molar-refractivity contribution in [2.24, 2.45) is 5.92 Å². The first-order chi connectivity index (χ1) is 11.3. The highest BCUT2D eigenvalue weighted by atomic mass is 32.2. The summed E-state index contributed by atoms with van der Waals surface area (Å²) in [5, 5.41) is 9.31. The zero-order chi connectivity index (χ0) is 17.7. The summed E-state index contributed by atoms with van der Waals surface area (Å²) in [4.78, 5) is 14.2. The number of nitrogens with zero attached hydrogens (tertiary/aromatic N) is 2. The molecule has 1 amide bonds. The summed E-state index contributed by atoms with van der Waals surface area (Å²) in [5.41, 5.74) is 1.38. The Labute approximate surface area is 142 Å². The van der Waals surface area contributed by atoms with Crippen molar-refractivity contribution in [1.82, 2.24) is 4.90 Å². The lowest BCUT2D eigenvalue weighted by molar-refractivity contribution is -0.130. The van der Waals surface area contributed by atoms with E-state index in [2.05, 4.69) is 0 Å². The Hall–Kier alpha value is -1.64. The molecule has 134 valence electrons. The lowest BCUT2D eigenvalue weighted by atomic mass is 10.1. The van der Waals surface area contributed by atoms with Crippen LogP contribution in [0.1, 0.15) is 5.56 Å². The molecule has 8 heteroatoms. The lowest BCUT2D eigenvalue weighted by Gasteiger charge is -2.27. The molecule has 1 heterocycles. The van der Waals surface area contributed by atoms with Gasteiger partial charge in [0.1, 0.15) is 6.54 Å². The van der Waals surface area contributed by atoms with Gasteiger partial charge in [0.2, 0.25) is 15.9 Å². The van der Waals surface area contributed by atoms with E-state index in [1.165, 1.54) is 0 Å². The normalized spacial score (nSPS) is 19.0. The number of aliphatic hydroxyl groups excluding tert-OH is 1. The molecule has 1 fully saturated rings. The van der Waals surface area contributed by atoms with E-state index in [9.17, 15) is 18.3 Å². The van der Waals surface area contributed by atoms with Crippen molar-refractivity contribution in [3.05, 3.63) is 29.8 Å². The maximum Gasteiger partial charge on any atom is 0.243 e. The van der Waals surface area contributed by atoms with Crippen molar-refractivity contribution in [3.63, 3.8) is 0 Å². The van der Waals surface area contributed by atoms with Crippen molar-refractivity contribution < 1.29 is 23.1 Å². The molecule has 1 aliphatic rings. The molecule has 0 spiro atoms. The zero-order valence-corrected chi connectivity index (χ0v) is 14.8. The van der Waals surface area contributed by atoms with Gasteiger partial charge in [0, 0.05) is 25.6 Å². The molecule has 1 aromatic rings. The Morgan fingerprint density at radius 3 is 2.83 bits per heavy atom. The van der Waals surface area contributed by atoms with Crippen LogP contribution in [0.3, 0.4) is 0 Å². The molecular weight excluding hydrogens is 332 g/mol. The summed E-state index contributed by atoms with van der Waals surface area (Å²) < 4.78 is 30.8. The van der Waals surface area contributed by atoms with Gasteiger partial charge in [-0.2, -0.15) is 0 Å². The van der Waals surface area contributed by atoms with Crippen molar-refractivity contribution in [2.45, 2.75) is 6.92 Å². The summed E-state index contributed by atoms with van der Waals surface area (Å²) in [7, 11) is -3.59. The molecular formula is C16H24N2O5S. The molecule has 0 bridgehead atoms. The Morgan fingerprint density at radius 1 is 1.46 bits per heavy atom. The average molecular weight is 356 g/mol. The number of hydrogen-bond acceptors (Lipinski definition) is 5. The molecule has 1 N–H and O–H groups in total. The smallest absolute Gasteiger partial charge is 0.243 e. The van der Waals surface area contributed by atoms with Gasteiger partial charge in [-0.3, -0.25) is 9.10 Å². The molecule has 0 aromatic heterocycles. The van der Waals surface area contributed by atoms with Crippen molar-refractivity contribution >= 4 is 21.6 Å². The Bertz CT molecular complexity index is 677. The standard InChI is InChI=1S/C16H24N2O5S/c1-13-4-3-5-15(8-13)18(24(2,21)22)10-16(20)17-6-7-23-12-14(9-17)11-19/h3-5,8,14,19H,6-7,9-12H2,1-2H3/t14-/m1/s1. The van der Waals surface area contributed by atoms with Gasteiger partial charge in [-0.1, -0.05) is 12.1 Å². The van der Waals surface area contributed by atoms with E-state index in [4.69, 9.17) is 4.74 Å². The van der Waals surface area contributed by atoms with Crippen LogP contribution in [0.5, 0.6) is 0 Å². The van der Waals surface area contributed by atoms with Gasteiger partial charge in [-0.05, 0) is 24.6 Å². The Balaban J connectivity index is 2.18. The fourth-order valence-electron chi connectivity index (χ4n) is 2.62. The fourth-order valence-corrected chi connectivity index (χ4v) is 3.46. The van der Waals surface area contributed by atoms with Crippen LogP contribution >= 0.6 is 0 Å². The zero-order valence-electron chi connectivity index (χ0n) is 14.0. The van der Waals surface area contributed by atoms with Gasteiger partial charge in [-0.15, -0.1) is 0 Å². The largest absolute Gasteiger partial charge is 0.396 e. The van der Waals surface area contributed by atoms with Crippen LogP contribution in [-0.2, 0) is 19.6 Å². The van der Waals surface area contributed by atoms with Gasteiger partial charge in [0.05, 0.1) is 25.2 Å². The molecule has 2 rings (SSSR count). The number of anilines is 1. The van der Waals surface area contributed by atoms with E-state index < -0.39 is 10.0 Å². The van der Waals surface area contributed by atoms with Gasteiger partial charge < -0.3 is 14.7 Å². The second kappa shape index (κ2) is 7.96. The van der Waals surface area contributed by atoms with Gasteiger partial charge in [-0.25, -0.2) is 8.42 Å². The first-order valence-corrected chi connectivity index (χ1v) is 9.67. The summed E-state index contributed by atoms with van der Waals surface area (Å²) >= 11 is 0. The van der Waals surface area contributed by atoms with E-state index in [0.717, 1.165) is 16.1 Å². The molecule has 1 atom stereocenters. The molecule has 0 saturated carbocycles. The molecule has 24 heavy (non-hydrogen) atoms. The maximum atomic E-state index is 12.6. The highest BCUT2D eigenvalue weighted by molar-refractivity contribution is 7.92. The summed E-state index contributed by atoms with van der Waals surface area (Å²) in [6.45, 7) is 3.06. The highest BCUT2D eigenvalue weighted by Crippen LogP contribution is 2.19. The van der Waals surface area contributed by atoms with E-state index in [0.29, 0.717) is 32.0 Å². The predicted molar refractivity (Wildman–Crippen MR) is 91.3 cm³/mol. The van der Waals surface area contributed by atoms with Crippen molar-refractivity contribution in [2.75, 3.05) is 50.0 Å². The molecule has 0 unspecified atom stereocenters. The first-order valence-electron chi connectivity index (χ1n) is 7.82. The van der Waals surface area contributed by atoms with Gasteiger partial charge in [0.25, 0.3) is 0 Å². The SMILES string of the molecule is Cc1cccc(N(CC(=O)N2CCOC[C@@H](CO)C2)S(C)(=O)=O)c1. The van der Waals surface area contributed by atoms with E-state index >= 15 is 0 Å². The number of aliphatic hydroxyl groups is 1. The second-order valence-corrected chi connectivity index (χ2v) is 7.98. The van der Waals surface area contributed by atoms with Crippen LogP contribution in [0.25, 0.3) is 0 Å². The van der Waals surface area contributed by atoms with Gasteiger partial charge >= 0.3 is 0 Å². The molecule has 1 aliphatic heterocycles.